The van der Waals surface area contributed by atoms with Gasteiger partial charge in [0, 0.05) is 30.6 Å². The molecule has 2 atom stereocenters. The van der Waals surface area contributed by atoms with Gasteiger partial charge < -0.3 is 9.64 Å². The van der Waals surface area contributed by atoms with Crippen molar-refractivity contribution in [2.45, 2.75) is 38.8 Å². The second kappa shape index (κ2) is 5.69. The topological polar surface area (TPSA) is 45.7 Å². The van der Waals surface area contributed by atoms with Crippen molar-refractivity contribution >= 4 is 22.4 Å². The van der Waals surface area contributed by atoms with Crippen LogP contribution in [0.3, 0.4) is 0 Å². The second-order valence-corrected chi connectivity index (χ2v) is 6.36. The number of hydrogen-bond acceptors (Lipinski definition) is 6. The van der Waals surface area contributed by atoms with Crippen molar-refractivity contribution in [2.75, 3.05) is 31.1 Å². The van der Waals surface area contributed by atoms with E-state index in [1.807, 2.05) is 6.92 Å². The van der Waals surface area contributed by atoms with Crippen molar-refractivity contribution in [1.82, 2.24) is 9.88 Å². The number of piperazine rings is 1. The standard InChI is InChI=1S/C14H21N3O2S/c1-3-19-13(18)12-9-20-14(15-12)17-8-11-5-4-6-16(11)7-10(17)2/h9-11H,3-8H2,1-2H3. The van der Waals surface area contributed by atoms with E-state index in [4.69, 9.17) is 4.74 Å². The molecule has 110 valence electrons. The van der Waals surface area contributed by atoms with E-state index in [2.05, 4.69) is 21.7 Å². The zero-order chi connectivity index (χ0) is 14.1. The molecule has 0 amide bonds. The van der Waals surface area contributed by atoms with Crippen molar-refractivity contribution in [3.63, 3.8) is 0 Å². The highest BCUT2D eigenvalue weighted by atomic mass is 32.1. The third-order valence-electron chi connectivity index (χ3n) is 4.16. The van der Waals surface area contributed by atoms with Crippen LogP contribution in [-0.4, -0.2) is 54.2 Å². The molecule has 2 aliphatic rings. The van der Waals surface area contributed by atoms with Gasteiger partial charge in [0.15, 0.2) is 10.8 Å². The lowest BCUT2D eigenvalue weighted by molar-refractivity contribution is 0.0520. The Morgan fingerprint density at radius 1 is 1.55 bits per heavy atom. The molecule has 0 bridgehead atoms. The predicted octanol–water partition coefficient (Wildman–Crippen LogP) is 1.99. The van der Waals surface area contributed by atoms with Gasteiger partial charge in [-0.15, -0.1) is 11.3 Å². The van der Waals surface area contributed by atoms with E-state index in [1.165, 1.54) is 19.4 Å². The van der Waals surface area contributed by atoms with Crippen LogP contribution in [0.4, 0.5) is 5.13 Å². The normalized spacial score (nSPS) is 26.6. The first-order valence-corrected chi connectivity index (χ1v) is 8.20. The summed E-state index contributed by atoms with van der Waals surface area (Å²) in [5.41, 5.74) is 0.438. The van der Waals surface area contributed by atoms with Crippen LogP contribution < -0.4 is 4.90 Å². The van der Waals surface area contributed by atoms with Gasteiger partial charge in [-0.25, -0.2) is 9.78 Å². The largest absolute Gasteiger partial charge is 0.461 e. The van der Waals surface area contributed by atoms with Crippen LogP contribution in [0.2, 0.25) is 0 Å². The Kier molecular flexibility index (Phi) is 3.94. The Hall–Kier alpha value is -1.14. The van der Waals surface area contributed by atoms with E-state index >= 15 is 0 Å². The molecule has 0 aliphatic carbocycles. The number of nitrogens with zero attached hydrogens (tertiary/aromatic N) is 3. The second-order valence-electron chi connectivity index (χ2n) is 5.53. The molecule has 1 aromatic heterocycles. The molecule has 2 aliphatic heterocycles. The van der Waals surface area contributed by atoms with E-state index in [-0.39, 0.29) is 5.97 Å². The molecule has 2 saturated heterocycles. The van der Waals surface area contributed by atoms with Gasteiger partial charge in [-0.05, 0) is 33.2 Å². The zero-order valence-corrected chi connectivity index (χ0v) is 12.9. The molecule has 0 spiro atoms. The Morgan fingerprint density at radius 2 is 2.40 bits per heavy atom. The number of aromatic nitrogens is 1. The lowest BCUT2D eigenvalue weighted by Gasteiger charge is -2.42. The van der Waals surface area contributed by atoms with Crippen molar-refractivity contribution in [3.05, 3.63) is 11.1 Å². The number of esters is 1. The molecule has 5 nitrogen and oxygen atoms in total. The maximum Gasteiger partial charge on any atom is 0.357 e. The van der Waals surface area contributed by atoms with Crippen LogP contribution in [0.5, 0.6) is 0 Å². The maximum absolute atomic E-state index is 11.7. The highest BCUT2D eigenvalue weighted by Gasteiger charge is 2.35. The van der Waals surface area contributed by atoms with Crippen LogP contribution in [0.25, 0.3) is 0 Å². The van der Waals surface area contributed by atoms with Crippen molar-refractivity contribution in [2.24, 2.45) is 0 Å². The van der Waals surface area contributed by atoms with Gasteiger partial charge >= 0.3 is 5.97 Å². The van der Waals surface area contributed by atoms with E-state index in [0.29, 0.717) is 24.4 Å². The monoisotopic (exact) mass is 295 g/mol. The Labute approximate surface area is 123 Å². The van der Waals surface area contributed by atoms with Crippen LogP contribution in [0.15, 0.2) is 5.38 Å². The Morgan fingerprint density at radius 3 is 3.20 bits per heavy atom. The summed E-state index contributed by atoms with van der Waals surface area (Å²) < 4.78 is 5.00. The fraction of sp³-hybridized carbons (Fsp3) is 0.714. The zero-order valence-electron chi connectivity index (χ0n) is 12.0. The van der Waals surface area contributed by atoms with E-state index < -0.39 is 0 Å². The van der Waals surface area contributed by atoms with Gasteiger partial charge in [0.25, 0.3) is 0 Å². The van der Waals surface area contributed by atoms with E-state index in [0.717, 1.165) is 18.2 Å². The third kappa shape index (κ3) is 2.54. The molecule has 1 aromatic rings. The number of anilines is 1. The van der Waals surface area contributed by atoms with Crippen LogP contribution in [0, 0.1) is 0 Å². The molecule has 20 heavy (non-hydrogen) atoms. The number of carbonyl (C=O) groups is 1. The summed E-state index contributed by atoms with van der Waals surface area (Å²) in [6.07, 6.45) is 2.58. The van der Waals surface area contributed by atoms with Gasteiger partial charge in [0.1, 0.15) is 0 Å². The molecule has 0 N–H and O–H groups in total. The molecular weight excluding hydrogens is 274 g/mol. The van der Waals surface area contributed by atoms with E-state index in [1.54, 1.807) is 16.7 Å². The molecule has 6 heteroatoms. The lowest BCUT2D eigenvalue weighted by Crippen LogP contribution is -2.55. The highest BCUT2D eigenvalue weighted by Crippen LogP contribution is 2.30. The average Bonchev–Trinajstić information content (AvgIpc) is 3.05. The summed E-state index contributed by atoms with van der Waals surface area (Å²) in [5, 5.41) is 2.76. The number of hydrogen-bond donors (Lipinski definition) is 0. The average molecular weight is 295 g/mol. The van der Waals surface area contributed by atoms with Crippen LogP contribution in [-0.2, 0) is 4.74 Å². The molecule has 3 rings (SSSR count). The summed E-state index contributed by atoms with van der Waals surface area (Å²) in [6.45, 7) is 7.79. The first-order chi connectivity index (χ1) is 9.69. The van der Waals surface area contributed by atoms with Gasteiger partial charge in [-0.1, -0.05) is 0 Å². The molecule has 0 radical (unpaired) electrons. The summed E-state index contributed by atoms with van der Waals surface area (Å²) in [4.78, 5) is 21.1. The number of thiazole rings is 1. The Bertz CT molecular complexity index is 491. The third-order valence-corrected chi connectivity index (χ3v) is 5.04. The molecule has 2 unspecified atom stereocenters. The van der Waals surface area contributed by atoms with Crippen LogP contribution in [0.1, 0.15) is 37.2 Å². The maximum atomic E-state index is 11.7. The molecule has 0 saturated carbocycles. The lowest BCUT2D eigenvalue weighted by atomic mass is 10.1. The van der Waals surface area contributed by atoms with Gasteiger partial charge in [-0.2, -0.15) is 0 Å². The quantitative estimate of drug-likeness (QED) is 0.798. The minimum atomic E-state index is -0.317. The molecular formula is C14H21N3O2S. The van der Waals surface area contributed by atoms with Crippen molar-refractivity contribution in [1.29, 1.82) is 0 Å². The van der Waals surface area contributed by atoms with Crippen molar-refractivity contribution < 1.29 is 9.53 Å². The summed E-state index contributed by atoms with van der Waals surface area (Å²) in [5.74, 6) is -0.317. The van der Waals surface area contributed by atoms with Gasteiger partial charge in [0.05, 0.1) is 6.61 Å². The van der Waals surface area contributed by atoms with Gasteiger partial charge in [-0.3, -0.25) is 4.90 Å². The molecule has 3 heterocycles. The summed E-state index contributed by atoms with van der Waals surface area (Å²) in [7, 11) is 0. The number of fused-ring (bicyclic) bond motifs is 1. The van der Waals surface area contributed by atoms with E-state index in [9.17, 15) is 4.79 Å². The Balaban J connectivity index is 1.73. The SMILES string of the molecule is CCOC(=O)c1csc(N2CC3CCCN3CC2C)n1. The summed E-state index contributed by atoms with van der Waals surface area (Å²) >= 11 is 1.54. The van der Waals surface area contributed by atoms with Gasteiger partial charge in [0.2, 0.25) is 0 Å². The fourth-order valence-electron chi connectivity index (χ4n) is 3.15. The molecule has 0 aromatic carbocycles. The minimum absolute atomic E-state index is 0.317. The van der Waals surface area contributed by atoms with Crippen molar-refractivity contribution in [3.8, 4) is 0 Å². The number of carbonyl (C=O) groups excluding carboxylic acids is 1. The smallest absolute Gasteiger partial charge is 0.357 e. The highest BCUT2D eigenvalue weighted by molar-refractivity contribution is 7.13. The van der Waals surface area contributed by atoms with Crippen LogP contribution >= 0.6 is 11.3 Å². The minimum Gasteiger partial charge on any atom is -0.461 e. The first-order valence-electron chi connectivity index (χ1n) is 7.32. The number of ether oxygens (including phenoxy) is 1. The molecule has 2 fully saturated rings. The fourth-order valence-corrected chi connectivity index (χ4v) is 4.06. The first kappa shape index (κ1) is 13.8. The number of rotatable bonds is 3. The summed E-state index contributed by atoms with van der Waals surface area (Å²) in [6, 6.07) is 1.10. The predicted molar refractivity (Wildman–Crippen MR) is 79.5 cm³/mol.